The minimum Gasteiger partial charge on any atom is -0.368 e. The molecular formula is C18H28Cl2N4O2. The molecule has 3 rings (SSSR count). The molecule has 0 aliphatic carbocycles. The van der Waals surface area contributed by atoms with Crippen LogP contribution in [-0.2, 0) is 16.0 Å². The number of amides is 1. The molecule has 6 nitrogen and oxygen atoms in total. The van der Waals surface area contributed by atoms with Crippen LogP contribution in [0.2, 0.25) is 0 Å². The Hall–Kier alpha value is -1.34. The molecule has 3 N–H and O–H groups in total. The van der Waals surface area contributed by atoms with Gasteiger partial charge in [0.1, 0.15) is 11.4 Å². The smallest absolute Gasteiger partial charge is 0.256 e. The van der Waals surface area contributed by atoms with Gasteiger partial charge >= 0.3 is 0 Å². The highest BCUT2D eigenvalue weighted by atomic mass is 35.5. The molecule has 0 spiro atoms. The fraction of sp³-hybridized carbons (Fsp3) is 0.556. The van der Waals surface area contributed by atoms with Crippen molar-refractivity contribution in [2.24, 2.45) is 0 Å². The number of ether oxygens (including phenoxy) is 1. The van der Waals surface area contributed by atoms with Gasteiger partial charge in [-0.15, -0.1) is 24.8 Å². The van der Waals surface area contributed by atoms with Crippen LogP contribution in [0.1, 0.15) is 38.4 Å². The second-order valence-electron chi connectivity index (χ2n) is 6.42. The van der Waals surface area contributed by atoms with Crippen molar-refractivity contribution in [1.29, 1.82) is 0 Å². The molecular weight excluding hydrogens is 375 g/mol. The Bertz CT molecular complexity index is 714. The van der Waals surface area contributed by atoms with Crippen LogP contribution < -0.4 is 10.6 Å². The normalized spacial score (nSPS) is 15.8. The highest BCUT2D eigenvalue weighted by molar-refractivity contribution is 5.98. The molecule has 1 amide bonds. The molecule has 1 aromatic heterocycles. The van der Waals surface area contributed by atoms with Crippen molar-refractivity contribution in [2.75, 3.05) is 25.5 Å². The number of aromatic amines is 1. The van der Waals surface area contributed by atoms with E-state index in [9.17, 15) is 4.79 Å². The molecule has 1 fully saturated rings. The Morgan fingerprint density at radius 3 is 2.69 bits per heavy atom. The van der Waals surface area contributed by atoms with Crippen molar-refractivity contribution in [3.8, 4) is 0 Å². The summed E-state index contributed by atoms with van der Waals surface area (Å²) in [5.41, 5.74) is 1.92. The van der Waals surface area contributed by atoms with Crippen molar-refractivity contribution in [1.82, 2.24) is 15.3 Å². The third kappa shape index (κ3) is 4.88. The lowest BCUT2D eigenvalue weighted by Gasteiger charge is -2.34. The second kappa shape index (κ2) is 10.1. The Morgan fingerprint density at radius 1 is 1.31 bits per heavy atom. The van der Waals surface area contributed by atoms with Crippen LogP contribution in [0.4, 0.5) is 5.69 Å². The van der Waals surface area contributed by atoms with E-state index in [1.165, 1.54) is 0 Å². The molecule has 0 bridgehead atoms. The lowest BCUT2D eigenvalue weighted by atomic mass is 9.91. The first-order valence-corrected chi connectivity index (χ1v) is 8.73. The molecule has 0 saturated carbocycles. The molecule has 1 saturated heterocycles. The van der Waals surface area contributed by atoms with Gasteiger partial charge in [-0.3, -0.25) is 4.79 Å². The average Bonchev–Trinajstić information content (AvgIpc) is 3.02. The summed E-state index contributed by atoms with van der Waals surface area (Å²) in [6.07, 6.45) is 4.58. The number of methoxy groups -OCH3 is 1. The van der Waals surface area contributed by atoms with Gasteiger partial charge in [0.15, 0.2) is 0 Å². The summed E-state index contributed by atoms with van der Waals surface area (Å²) in [6, 6.07) is 5.79. The minimum atomic E-state index is -0.736. The number of hydrogen-bond donors (Lipinski definition) is 3. The van der Waals surface area contributed by atoms with E-state index in [2.05, 4.69) is 27.5 Å². The predicted octanol–water partition coefficient (Wildman–Crippen LogP) is 3.46. The number of nitrogens with zero attached hydrogens (tertiary/aromatic N) is 1. The number of H-pyrrole nitrogens is 1. The number of anilines is 1. The lowest BCUT2D eigenvalue weighted by Crippen LogP contribution is -2.51. The fourth-order valence-electron chi connectivity index (χ4n) is 3.20. The molecule has 1 aliphatic rings. The van der Waals surface area contributed by atoms with Crippen molar-refractivity contribution in [2.45, 2.75) is 44.6 Å². The average molecular weight is 403 g/mol. The highest BCUT2D eigenvalue weighted by Gasteiger charge is 2.39. The number of aromatic nitrogens is 2. The van der Waals surface area contributed by atoms with E-state index < -0.39 is 5.60 Å². The van der Waals surface area contributed by atoms with Crippen LogP contribution in [0.25, 0.3) is 11.0 Å². The van der Waals surface area contributed by atoms with Gasteiger partial charge < -0.3 is 20.4 Å². The molecule has 1 aromatic carbocycles. The zero-order valence-electron chi connectivity index (χ0n) is 15.3. The largest absolute Gasteiger partial charge is 0.368 e. The van der Waals surface area contributed by atoms with E-state index in [0.717, 1.165) is 54.9 Å². The van der Waals surface area contributed by atoms with Gasteiger partial charge in [-0.05, 0) is 50.6 Å². The number of benzene rings is 1. The monoisotopic (exact) mass is 402 g/mol. The third-order valence-corrected chi connectivity index (χ3v) is 4.77. The SMILES string of the molecule is CCCCc1nc2ccc(NC(=O)C3(OC)CCNCC3)cc2[nH]1.Cl.Cl. The molecule has 146 valence electrons. The quantitative estimate of drug-likeness (QED) is 0.690. The van der Waals surface area contributed by atoms with E-state index in [4.69, 9.17) is 4.74 Å². The zero-order chi connectivity index (χ0) is 17.0. The van der Waals surface area contributed by atoms with Gasteiger partial charge in [0.2, 0.25) is 0 Å². The number of rotatable bonds is 6. The van der Waals surface area contributed by atoms with E-state index in [-0.39, 0.29) is 30.7 Å². The maximum absolute atomic E-state index is 12.7. The number of carbonyl (C=O) groups excluding carboxylic acids is 1. The summed E-state index contributed by atoms with van der Waals surface area (Å²) in [5, 5.41) is 6.27. The zero-order valence-corrected chi connectivity index (χ0v) is 16.9. The number of hydrogen-bond acceptors (Lipinski definition) is 4. The summed E-state index contributed by atoms with van der Waals surface area (Å²) < 4.78 is 5.58. The number of carbonyl (C=O) groups is 1. The molecule has 0 radical (unpaired) electrons. The number of halogens is 2. The van der Waals surface area contributed by atoms with E-state index in [1.807, 2.05) is 18.2 Å². The van der Waals surface area contributed by atoms with E-state index in [1.54, 1.807) is 7.11 Å². The maximum Gasteiger partial charge on any atom is 0.256 e. The van der Waals surface area contributed by atoms with Crippen LogP contribution in [-0.4, -0.2) is 41.7 Å². The van der Waals surface area contributed by atoms with Crippen LogP contribution >= 0.6 is 24.8 Å². The summed E-state index contributed by atoms with van der Waals surface area (Å²) in [5.74, 6) is 0.929. The molecule has 2 aromatic rings. The number of aryl methyl sites for hydroxylation is 1. The maximum atomic E-state index is 12.7. The third-order valence-electron chi connectivity index (χ3n) is 4.77. The first kappa shape index (κ1) is 22.7. The van der Waals surface area contributed by atoms with Crippen LogP contribution in [0.5, 0.6) is 0 Å². The summed E-state index contributed by atoms with van der Waals surface area (Å²) in [7, 11) is 1.61. The number of fused-ring (bicyclic) bond motifs is 1. The van der Waals surface area contributed by atoms with E-state index in [0.29, 0.717) is 12.8 Å². The first-order valence-electron chi connectivity index (χ1n) is 8.73. The standard InChI is InChI=1S/C18H26N4O2.2ClH/c1-3-4-5-16-21-14-7-6-13(12-15(14)22-16)20-17(23)18(24-2)8-10-19-11-9-18;;/h6-7,12,19H,3-5,8-11H2,1-2H3,(H,20,23)(H,21,22);2*1H. The van der Waals surface area contributed by atoms with Crippen LogP contribution in [0, 0.1) is 0 Å². The molecule has 1 aliphatic heterocycles. The Balaban J connectivity index is 0.00000169. The summed E-state index contributed by atoms with van der Waals surface area (Å²) in [4.78, 5) is 20.6. The van der Waals surface area contributed by atoms with Gasteiger partial charge in [-0.2, -0.15) is 0 Å². The van der Waals surface area contributed by atoms with Gasteiger partial charge in [-0.25, -0.2) is 4.98 Å². The van der Waals surface area contributed by atoms with Crippen molar-refractivity contribution < 1.29 is 9.53 Å². The van der Waals surface area contributed by atoms with Gasteiger partial charge in [0.25, 0.3) is 5.91 Å². The van der Waals surface area contributed by atoms with E-state index >= 15 is 0 Å². The van der Waals surface area contributed by atoms with Gasteiger partial charge in [-0.1, -0.05) is 13.3 Å². The van der Waals surface area contributed by atoms with Crippen LogP contribution in [0.3, 0.4) is 0 Å². The number of unbranched alkanes of at least 4 members (excludes halogenated alkanes) is 1. The first-order chi connectivity index (χ1) is 11.7. The second-order valence-corrected chi connectivity index (χ2v) is 6.42. The Morgan fingerprint density at radius 2 is 2.04 bits per heavy atom. The molecule has 8 heteroatoms. The number of piperidine rings is 1. The fourth-order valence-corrected chi connectivity index (χ4v) is 3.20. The molecule has 26 heavy (non-hydrogen) atoms. The summed E-state index contributed by atoms with van der Waals surface area (Å²) >= 11 is 0. The summed E-state index contributed by atoms with van der Waals surface area (Å²) in [6.45, 7) is 3.76. The van der Waals surface area contributed by atoms with Gasteiger partial charge in [0, 0.05) is 19.2 Å². The Kier molecular flexibility index (Phi) is 8.83. The lowest BCUT2D eigenvalue weighted by molar-refractivity contribution is -0.140. The van der Waals surface area contributed by atoms with Gasteiger partial charge in [0.05, 0.1) is 11.0 Å². The Labute approximate surface area is 166 Å². The van der Waals surface area contributed by atoms with Crippen molar-refractivity contribution in [3.63, 3.8) is 0 Å². The highest BCUT2D eigenvalue weighted by Crippen LogP contribution is 2.25. The number of imidazole rings is 1. The molecule has 0 atom stereocenters. The molecule has 0 unspecified atom stereocenters. The number of nitrogens with one attached hydrogen (secondary N) is 3. The van der Waals surface area contributed by atoms with Crippen molar-refractivity contribution in [3.05, 3.63) is 24.0 Å². The molecule has 2 heterocycles. The topological polar surface area (TPSA) is 79.0 Å². The van der Waals surface area contributed by atoms with Crippen LogP contribution in [0.15, 0.2) is 18.2 Å². The minimum absolute atomic E-state index is 0. The predicted molar refractivity (Wildman–Crippen MR) is 110 cm³/mol. The van der Waals surface area contributed by atoms with Crippen molar-refractivity contribution >= 4 is 47.4 Å².